The maximum absolute atomic E-state index is 11.6. The van der Waals surface area contributed by atoms with Crippen molar-refractivity contribution in [2.24, 2.45) is 0 Å². The van der Waals surface area contributed by atoms with E-state index < -0.39 is 0 Å². The first-order valence-electron chi connectivity index (χ1n) is 5.44. The molecule has 0 saturated heterocycles. The van der Waals surface area contributed by atoms with Crippen molar-refractivity contribution in [2.75, 3.05) is 5.32 Å². The van der Waals surface area contributed by atoms with E-state index in [9.17, 15) is 4.79 Å². The summed E-state index contributed by atoms with van der Waals surface area (Å²) in [6.07, 6.45) is 2.01. The maximum Gasteiger partial charge on any atom is 0.225 e. The lowest BCUT2D eigenvalue weighted by molar-refractivity contribution is -0.116. The molecule has 0 spiro atoms. The quantitative estimate of drug-likeness (QED) is 0.848. The number of halogens is 1. The van der Waals surface area contributed by atoms with Gasteiger partial charge in [-0.1, -0.05) is 18.2 Å². The van der Waals surface area contributed by atoms with Gasteiger partial charge in [0, 0.05) is 23.4 Å². The number of carbonyl (C=O) groups is 1. The first kappa shape index (κ1) is 11.9. The number of nitrogens with one attached hydrogen (secondary N) is 1. The van der Waals surface area contributed by atoms with Crippen LogP contribution in [-0.4, -0.2) is 16.3 Å². The average molecular weight is 249 g/mol. The summed E-state index contributed by atoms with van der Waals surface area (Å²) in [7, 11) is 0. The fraction of sp³-hybridized carbons (Fsp3) is 0.231. The molecule has 2 aromatic rings. The molecule has 4 heteroatoms. The van der Waals surface area contributed by atoms with Crippen LogP contribution < -0.4 is 5.32 Å². The van der Waals surface area contributed by atoms with Crippen LogP contribution >= 0.6 is 11.6 Å². The first-order valence-corrected chi connectivity index (χ1v) is 5.88. The van der Waals surface area contributed by atoms with E-state index in [-0.39, 0.29) is 11.3 Å². The largest absolute Gasteiger partial charge is 0.324 e. The molecule has 0 aliphatic heterocycles. The van der Waals surface area contributed by atoms with E-state index in [4.69, 9.17) is 11.6 Å². The molecule has 1 amide bonds. The van der Waals surface area contributed by atoms with Crippen molar-refractivity contribution in [3.05, 3.63) is 36.5 Å². The molecule has 1 unspecified atom stereocenters. The molecule has 0 bridgehead atoms. The predicted molar refractivity (Wildman–Crippen MR) is 70.3 cm³/mol. The van der Waals surface area contributed by atoms with Gasteiger partial charge in [0.1, 0.15) is 0 Å². The Balaban J connectivity index is 2.27. The normalized spacial score (nSPS) is 12.4. The molecule has 1 aromatic carbocycles. The summed E-state index contributed by atoms with van der Waals surface area (Å²) in [4.78, 5) is 15.9. The fourth-order valence-corrected chi connectivity index (χ4v) is 1.80. The third kappa shape index (κ3) is 2.94. The van der Waals surface area contributed by atoms with Crippen molar-refractivity contribution in [3.8, 4) is 0 Å². The van der Waals surface area contributed by atoms with Crippen molar-refractivity contribution < 1.29 is 4.79 Å². The number of anilines is 1. The van der Waals surface area contributed by atoms with Gasteiger partial charge >= 0.3 is 0 Å². The third-order valence-corrected chi connectivity index (χ3v) is 2.53. The minimum Gasteiger partial charge on any atom is -0.324 e. The zero-order valence-electron chi connectivity index (χ0n) is 9.48. The van der Waals surface area contributed by atoms with E-state index in [1.165, 1.54) is 0 Å². The van der Waals surface area contributed by atoms with Gasteiger partial charge in [0.15, 0.2) is 0 Å². The van der Waals surface area contributed by atoms with Crippen molar-refractivity contribution in [1.29, 1.82) is 0 Å². The highest BCUT2D eigenvalue weighted by Gasteiger charge is 2.08. The number of amides is 1. The van der Waals surface area contributed by atoms with Gasteiger partial charge in [-0.15, -0.1) is 11.6 Å². The summed E-state index contributed by atoms with van der Waals surface area (Å²) in [5.41, 5.74) is 1.52. The number of hydrogen-bond acceptors (Lipinski definition) is 2. The van der Waals surface area contributed by atoms with Crippen LogP contribution in [0.3, 0.4) is 0 Å². The summed E-state index contributed by atoms with van der Waals surface area (Å²) >= 11 is 5.78. The second-order valence-corrected chi connectivity index (χ2v) is 4.66. The van der Waals surface area contributed by atoms with Crippen LogP contribution in [0, 0.1) is 0 Å². The number of carbonyl (C=O) groups excluding carboxylic acids is 1. The van der Waals surface area contributed by atoms with Crippen LogP contribution in [-0.2, 0) is 4.79 Å². The van der Waals surface area contributed by atoms with Gasteiger partial charge < -0.3 is 5.32 Å². The summed E-state index contributed by atoms with van der Waals surface area (Å²) < 4.78 is 0. The van der Waals surface area contributed by atoms with E-state index in [1.807, 2.05) is 30.3 Å². The van der Waals surface area contributed by atoms with Crippen LogP contribution in [0.1, 0.15) is 13.3 Å². The van der Waals surface area contributed by atoms with Gasteiger partial charge in [0.25, 0.3) is 0 Å². The molecule has 0 aliphatic rings. The van der Waals surface area contributed by atoms with E-state index in [1.54, 1.807) is 13.1 Å². The minimum absolute atomic E-state index is 0.0920. The lowest BCUT2D eigenvalue weighted by Gasteiger charge is -2.08. The van der Waals surface area contributed by atoms with Gasteiger partial charge in [-0.25, -0.2) is 0 Å². The van der Waals surface area contributed by atoms with E-state index >= 15 is 0 Å². The molecular weight excluding hydrogens is 236 g/mol. The van der Waals surface area contributed by atoms with Crippen LogP contribution in [0.25, 0.3) is 10.9 Å². The number of benzene rings is 1. The van der Waals surface area contributed by atoms with Crippen molar-refractivity contribution >= 4 is 34.1 Å². The molecule has 1 N–H and O–H groups in total. The lowest BCUT2D eigenvalue weighted by Crippen LogP contribution is -2.15. The van der Waals surface area contributed by atoms with Crippen LogP contribution in [0.4, 0.5) is 5.69 Å². The van der Waals surface area contributed by atoms with Gasteiger partial charge in [0.2, 0.25) is 5.91 Å². The zero-order valence-corrected chi connectivity index (χ0v) is 10.2. The van der Waals surface area contributed by atoms with E-state index in [2.05, 4.69) is 10.3 Å². The molecule has 1 heterocycles. The molecule has 3 nitrogen and oxygen atoms in total. The van der Waals surface area contributed by atoms with Crippen LogP contribution in [0.5, 0.6) is 0 Å². The number of alkyl halides is 1. The van der Waals surface area contributed by atoms with Gasteiger partial charge in [-0.3, -0.25) is 9.78 Å². The molecule has 88 valence electrons. The monoisotopic (exact) mass is 248 g/mol. The van der Waals surface area contributed by atoms with Gasteiger partial charge in [-0.2, -0.15) is 0 Å². The number of hydrogen-bond donors (Lipinski definition) is 1. The van der Waals surface area contributed by atoms with E-state index in [0.717, 1.165) is 16.6 Å². The fourth-order valence-electron chi connectivity index (χ4n) is 1.66. The summed E-state index contributed by atoms with van der Waals surface area (Å²) in [5, 5.41) is 3.67. The Morgan fingerprint density at radius 1 is 1.41 bits per heavy atom. The Kier molecular flexibility index (Phi) is 3.59. The number of aromatic nitrogens is 1. The minimum atomic E-state index is -0.169. The highest BCUT2D eigenvalue weighted by Crippen LogP contribution is 2.20. The zero-order chi connectivity index (χ0) is 12.3. The highest BCUT2D eigenvalue weighted by atomic mass is 35.5. The topological polar surface area (TPSA) is 42.0 Å². The SMILES string of the molecule is CC(Cl)CC(=O)Nc1cccc2cccnc12. The molecule has 2 rings (SSSR count). The predicted octanol–water partition coefficient (Wildman–Crippen LogP) is 3.19. The molecule has 0 saturated carbocycles. The number of pyridine rings is 1. The Morgan fingerprint density at radius 3 is 2.94 bits per heavy atom. The molecule has 0 radical (unpaired) electrons. The third-order valence-electron chi connectivity index (χ3n) is 2.37. The lowest BCUT2D eigenvalue weighted by atomic mass is 10.2. The summed E-state index contributed by atoms with van der Waals surface area (Å²) in [6, 6.07) is 9.52. The number of nitrogens with zero attached hydrogens (tertiary/aromatic N) is 1. The van der Waals surface area contributed by atoms with Gasteiger partial charge in [0.05, 0.1) is 11.2 Å². The number of para-hydroxylation sites is 1. The second-order valence-electron chi connectivity index (χ2n) is 3.91. The molecule has 17 heavy (non-hydrogen) atoms. The Labute approximate surface area is 105 Å². The second kappa shape index (κ2) is 5.15. The van der Waals surface area contributed by atoms with Gasteiger partial charge in [-0.05, 0) is 19.1 Å². The standard InChI is InChI=1S/C13H13ClN2O/c1-9(14)8-12(17)16-11-6-2-4-10-5-3-7-15-13(10)11/h2-7,9H,8H2,1H3,(H,16,17). The Morgan fingerprint density at radius 2 is 2.18 bits per heavy atom. The molecule has 1 aromatic heterocycles. The van der Waals surface area contributed by atoms with Crippen molar-refractivity contribution in [3.63, 3.8) is 0 Å². The average Bonchev–Trinajstić information content (AvgIpc) is 2.28. The highest BCUT2D eigenvalue weighted by molar-refractivity contribution is 6.21. The van der Waals surface area contributed by atoms with E-state index in [0.29, 0.717) is 6.42 Å². The Bertz CT molecular complexity index is 534. The van der Waals surface area contributed by atoms with Crippen LogP contribution in [0.15, 0.2) is 36.5 Å². The van der Waals surface area contributed by atoms with Crippen molar-refractivity contribution in [2.45, 2.75) is 18.7 Å². The molecule has 0 fully saturated rings. The Hall–Kier alpha value is -1.61. The number of rotatable bonds is 3. The first-order chi connectivity index (χ1) is 8.16. The van der Waals surface area contributed by atoms with Crippen LogP contribution in [0.2, 0.25) is 0 Å². The number of fused-ring (bicyclic) bond motifs is 1. The van der Waals surface area contributed by atoms with Crippen molar-refractivity contribution in [1.82, 2.24) is 4.98 Å². The summed E-state index contributed by atoms with van der Waals surface area (Å²) in [5.74, 6) is -0.0920. The molecule has 0 aliphatic carbocycles. The summed E-state index contributed by atoms with van der Waals surface area (Å²) in [6.45, 7) is 1.79. The molecule has 1 atom stereocenters. The smallest absolute Gasteiger partial charge is 0.225 e. The molecular formula is C13H13ClN2O. The maximum atomic E-state index is 11.6.